The molecule has 0 spiro atoms. The molecule has 74 heavy (non-hydrogen) atoms. The molecule has 0 aliphatic carbocycles. The topological polar surface area (TPSA) is 111 Å². The largest absolute Gasteiger partial charge is 0.472 e. The molecular weight excluding hydrogens is 940 g/mol. The Morgan fingerprint density at radius 3 is 1.28 bits per heavy atom. The number of hydrogen-bond acceptors (Lipinski definition) is 6. The van der Waals surface area contributed by atoms with E-state index in [4.69, 9.17) is 13.8 Å². The van der Waals surface area contributed by atoms with Crippen LogP contribution in [0.3, 0.4) is 0 Å². The predicted molar refractivity (Wildman–Crippen MR) is 318 cm³/mol. The van der Waals surface area contributed by atoms with Crippen LogP contribution >= 0.6 is 7.82 Å². The van der Waals surface area contributed by atoms with E-state index in [0.29, 0.717) is 23.9 Å². The van der Waals surface area contributed by atoms with Gasteiger partial charge in [-0.05, 0) is 102 Å². The number of rotatable bonds is 55. The van der Waals surface area contributed by atoms with Gasteiger partial charge in [-0.3, -0.25) is 18.6 Å². The smallest absolute Gasteiger partial charge is 0.456 e. The normalized spacial score (nSPS) is 14.2. The summed E-state index contributed by atoms with van der Waals surface area (Å²) < 4.78 is 30.6. The Balaban J connectivity index is 5.22. The molecule has 0 fully saturated rings. The lowest BCUT2D eigenvalue weighted by molar-refractivity contribution is -0.870. The summed E-state index contributed by atoms with van der Waals surface area (Å²) in [5.74, 6) is -0.535. The van der Waals surface area contributed by atoms with Gasteiger partial charge in [0, 0.05) is 12.8 Å². The molecule has 2 N–H and O–H groups in total. The Bertz CT molecular complexity index is 1500. The van der Waals surface area contributed by atoms with Gasteiger partial charge in [0.05, 0.1) is 33.8 Å². The highest BCUT2D eigenvalue weighted by molar-refractivity contribution is 7.47. The maximum Gasteiger partial charge on any atom is 0.472 e. The van der Waals surface area contributed by atoms with Gasteiger partial charge in [-0.15, -0.1) is 0 Å². The zero-order valence-electron chi connectivity index (χ0n) is 49.1. The molecule has 0 bridgehead atoms. The molecule has 0 radical (unpaired) electrons. The van der Waals surface area contributed by atoms with Crippen LogP contribution in [0, 0.1) is 0 Å². The van der Waals surface area contributed by atoms with Crippen LogP contribution in [-0.2, 0) is 27.9 Å². The summed E-state index contributed by atoms with van der Waals surface area (Å²) >= 11 is 0. The van der Waals surface area contributed by atoms with Gasteiger partial charge in [0.2, 0.25) is 5.91 Å². The summed E-state index contributed by atoms with van der Waals surface area (Å²) in [6, 6.07) is -0.862. The third-order valence-electron chi connectivity index (χ3n) is 13.4. The number of quaternary nitrogens is 1. The summed E-state index contributed by atoms with van der Waals surface area (Å²) in [5.41, 5.74) is 0. The number of unbranched alkanes of at least 4 members (excludes halogenated alkanes) is 29. The number of allylic oxidation sites excluding steroid dienone is 11. The molecule has 3 unspecified atom stereocenters. The van der Waals surface area contributed by atoms with Crippen molar-refractivity contribution in [3.63, 3.8) is 0 Å². The fourth-order valence-electron chi connectivity index (χ4n) is 8.56. The maximum absolute atomic E-state index is 13.5. The van der Waals surface area contributed by atoms with Crippen LogP contribution in [0.15, 0.2) is 72.9 Å². The minimum absolute atomic E-state index is 0.0335. The summed E-state index contributed by atoms with van der Waals surface area (Å²) in [6.07, 6.45) is 69.0. The van der Waals surface area contributed by atoms with Crippen molar-refractivity contribution in [3.05, 3.63) is 72.9 Å². The van der Waals surface area contributed by atoms with Gasteiger partial charge < -0.3 is 19.4 Å². The second-order valence-corrected chi connectivity index (χ2v) is 23.3. The van der Waals surface area contributed by atoms with Crippen LogP contribution in [0.2, 0.25) is 0 Å². The second kappa shape index (κ2) is 53.8. The highest BCUT2D eigenvalue weighted by Gasteiger charge is 2.30. The number of carbonyl (C=O) groups is 2. The summed E-state index contributed by atoms with van der Waals surface area (Å²) in [6.45, 7) is 6.96. The van der Waals surface area contributed by atoms with Gasteiger partial charge in [-0.1, -0.05) is 229 Å². The Morgan fingerprint density at radius 1 is 0.473 bits per heavy atom. The lowest BCUT2D eigenvalue weighted by Crippen LogP contribution is -2.47. The lowest BCUT2D eigenvalue weighted by atomic mass is 10.1. The summed E-state index contributed by atoms with van der Waals surface area (Å²) in [4.78, 5) is 37.6. The van der Waals surface area contributed by atoms with Crippen molar-refractivity contribution in [2.45, 2.75) is 283 Å². The van der Waals surface area contributed by atoms with E-state index in [1.54, 1.807) is 0 Å². The molecule has 0 saturated heterocycles. The second-order valence-electron chi connectivity index (χ2n) is 21.9. The molecule has 1 amide bonds. The molecule has 9 nitrogen and oxygen atoms in total. The molecule has 0 aromatic rings. The SMILES string of the molecule is CCCCC/C=C\C/C=C\C/C=C\C/C=C\CCCCCCCCCC(=O)NC(COP(=O)(O)OCC[N+](C)(C)C)C(/C=C\CCCCCCCCCCC)OC(=O)CCCCC/C=C\CCCCCCCCC. The first kappa shape index (κ1) is 71.5. The van der Waals surface area contributed by atoms with Crippen LogP contribution in [0.25, 0.3) is 0 Å². The quantitative estimate of drug-likeness (QED) is 0.0205. The number of phosphoric acid groups is 1. The van der Waals surface area contributed by atoms with Crippen LogP contribution in [0.5, 0.6) is 0 Å². The Morgan fingerprint density at radius 2 is 0.824 bits per heavy atom. The van der Waals surface area contributed by atoms with E-state index in [1.165, 1.54) is 135 Å². The number of nitrogens with zero attached hydrogens (tertiary/aromatic N) is 1. The Labute approximate surface area is 457 Å². The van der Waals surface area contributed by atoms with E-state index in [9.17, 15) is 19.0 Å². The van der Waals surface area contributed by atoms with E-state index >= 15 is 0 Å². The first-order valence-corrected chi connectivity index (χ1v) is 32.3. The summed E-state index contributed by atoms with van der Waals surface area (Å²) in [5, 5.41) is 3.04. The molecule has 0 aliphatic rings. The van der Waals surface area contributed by atoms with E-state index in [1.807, 2.05) is 33.3 Å². The molecule has 0 aromatic carbocycles. The van der Waals surface area contributed by atoms with Gasteiger partial charge in [-0.2, -0.15) is 0 Å². The predicted octanol–water partition coefficient (Wildman–Crippen LogP) is 18.8. The van der Waals surface area contributed by atoms with Crippen molar-refractivity contribution < 1.29 is 37.3 Å². The highest BCUT2D eigenvalue weighted by Crippen LogP contribution is 2.43. The van der Waals surface area contributed by atoms with Crippen LogP contribution in [-0.4, -0.2) is 74.3 Å². The van der Waals surface area contributed by atoms with Crippen molar-refractivity contribution in [2.24, 2.45) is 0 Å². The Hall–Kier alpha value is -2.55. The van der Waals surface area contributed by atoms with Gasteiger partial charge in [0.1, 0.15) is 19.3 Å². The van der Waals surface area contributed by atoms with Crippen LogP contribution < -0.4 is 5.32 Å². The molecule has 0 heterocycles. The van der Waals surface area contributed by atoms with Gasteiger partial charge in [-0.25, -0.2) is 4.57 Å². The van der Waals surface area contributed by atoms with Gasteiger partial charge in [0.25, 0.3) is 0 Å². The zero-order valence-corrected chi connectivity index (χ0v) is 50.0. The van der Waals surface area contributed by atoms with Crippen LogP contribution in [0.4, 0.5) is 0 Å². The fourth-order valence-corrected chi connectivity index (χ4v) is 9.30. The summed E-state index contributed by atoms with van der Waals surface area (Å²) in [7, 11) is 1.48. The number of nitrogens with one attached hydrogen (secondary N) is 1. The van der Waals surface area contributed by atoms with Crippen molar-refractivity contribution in [1.29, 1.82) is 0 Å². The van der Waals surface area contributed by atoms with E-state index < -0.39 is 20.0 Å². The average molecular weight is 1060 g/mol. The van der Waals surface area contributed by atoms with Crippen molar-refractivity contribution >= 4 is 19.7 Å². The third-order valence-corrected chi connectivity index (χ3v) is 14.4. The van der Waals surface area contributed by atoms with E-state index in [2.05, 4.69) is 86.8 Å². The number of amides is 1. The van der Waals surface area contributed by atoms with E-state index in [-0.39, 0.29) is 31.5 Å². The minimum Gasteiger partial charge on any atom is -0.456 e. The van der Waals surface area contributed by atoms with Crippen molar-refractivity contribution in [1.82, 2.24) is 5.32 Å². The minimum atomic E-state index is -4.45. The number of phosphoric ester groups is 1. The fraction of sp³-hybridized carbons (Fsp3) is 0.781. The number of hydrogen-bond donors (Lipinski definition) is 2. The third kappa shape index (κ3) is 54.2. The van der Waals surface area contributed by atoms with Gasteiger partial charge >= 0.3 is 13.8 Å². The first-order chi connectivity index (χ1) is 35.9. The number of esters is 1. The Kier molecular flexibility index (Phi) is 52.0. The molecule has 0 saturated carbocycles. The average Bonchev–Trinajstić information content (AvgIpc) is 3.36. The van der Waals surface area contributed by atoms with E-state index in [0.717, 1.165) is 96.3 Å². The monoisotopic (exact) mass is 1060 g/mol. The molecule has 0 rings (SSSR count). The molecule has 3 atom stereocenters. The zero-order chi connectivity index (χ0) is 54.3. The van der Waals surface area contributed by atoms with Crippen LogP contribution in [0.1, 0.15) is 271 Å². The van der Waals surface area contributed by atoms with Crippen molar-refractivity contribution in [2.75, 3.05) is 40.9 Å². The molecule has 430 valence electrons. The molecule has 10 heteroatoms. The van der Waals surface area contributed by atoms with Gasteiger partial charge in [0.15, 0.2) is 0 Å². The molecular formula is C64H118N2O7P+. The standard InChI is InChI=1S/C64H117N2O7P/c1-7-10-13-16-19-22-25-27-29-30-31-32-33-34-35-36-37-38-41-44-47-50-53-56-63(67)65-61(60-72-74(69,70)71-59-58-66(4,5)6)62(55-52-49-46-43-40-24-21-18-15-12-9-3)73-64(68)57-54-51-48-45-42-39-28-26-23-20-17-14-11-8-2/h19,22,27,29,31-32,34-35,39,42,52,55,61-62H,7-18,20-21,23-26,28,30,33,36-38,40-41,43-51,53-54,56-60H2,1-6H3,(H-,65,67,69,70)/p+1/b22-19-,29-27-,32-31-,35-34-,42-39-,55-52-. The lowest BCUT2D eigenvalue weighted by Gasteiger charge is -2.27. The van der Waals surface area contributed by atoms with Crippen molar-refractivity contribution in [3.8, 4) is 0 Å². The number of ether oxygens (including phenoxy) is 1. The number of likely N-dealkylation sites (N-methyl/N-ethyl adjacent to an activating group) is 1. The first-order valence-electron chi connectivity index (χ1n) is 30.8. The number of carbonyl (C=O) groups excluding carboxylic acids is 2. The highest BCUT2D eigenvalue weighted by atomic mass is 31.2. The molecule has 0 aromatic heterocycles. The molecule has 0 aliphatic heterocycles. The maximum atomic E-state index is 13.5.